The predicted molar refractivity (Wildman–Crippen MR) is 60.1 cm³/mol. The molecule has 1 aliphatic carbocycles. The number of rotatable bonds is 1. The second-order valence-electron chi connectivity index (χ2n) is 4.82. The van der Waals surface area contributed by atoms with Crippen LogP contribution in [0.5, 0.6) is 0 Å². The first kappa shape index (κ1) is 10.4. The molecular formula is C12H18N2O. The molecule has 82 valence electrons. The molecule has 3 heteroatoms. The van der Waals surface area contributed by atoms with Gasteiger partial charge in [0.05, 0.1) is 0 Å². The third-order valence-corrected chi connectivity index (χ3v) is 3.16. The van der Waals surface area contributed by atoms with Gasteiger partial charge >= 0.3 is 5.69 Å². The molecule has 3 nitrogen and oxygen atoms in total. The largest absolute Gasteiger partial charge is 0.347 e. The van der Waals surface area contributed by atoms with Crippen LogP contribution < -0.4 is 5.69 Å². The predicted octanol–water partition coefficient (Wildman–Crippen LogP) is 1.95. The molecule has 1 aromatic heterocycles. The van der Waals surface area contributed by atoms with Crippen LogP contribution in [0.2, 0.25) is 0 Å². The molecule has 1 heterocycles. The van der Waals surface area contributed by atoms with Crippen LogP contribution in [0.4, 0.5) is 0 Å². The summed E-state index contributed by atoms with van der Waals surface area (Å²) in [7, 11) is 0. The molecule has 2 rings (SSSR count). The van der Waals surface area contributed by atoms with E-state index in [9.17, 15) is 4.79 Å². The van der Waals surface area contributed by atoms with E-state index in [0.717, 1.165) is 18.8 Å². The van der Waals surface area contributed by atoms with Crippen LogP contribution in [0.25, 0.3) is 0 Å². The van der Waals surface area contributed by atoms with Gasteiger partial charge in [-0.15, -0.1) is 0 Å². The summed E-state index contributed by atoms with van der Waals surface area (Å²) < 4.78 is 1.85. The molecular weight excluding hydrogens is 188 g/mol. The molecule has 1 unspecified atom stereocenters. The first-order chi connectivity index (χ1) is 7.09. The lowest BCUT2D eigenvalue weighted by atomic mass is 9.88. The molecule has 0 radical (unpaired) electrons. The van der Waals surface area contributed by atoms with Gasteiger partial charge in [0.25, 0.3) is 0 Å². The summed E-state index contributed by atoms with van der Waals surface area (Å²) in [4.78, 5) is 15.6. The van der Waals surface area contributed by atoms with E-state index in [-0.39, 0.29) is 11.7 Å². The Morgan fingerprint density at radius 1 is 1.53 bits per heavy atom. The van der Waals surface area contributed by atoms with E-state index in [4.69, 9.17) is 0 Å². The van der Waals surface area contributed by atoms with Gasteiger partial charge in [0.15, 0.2) is 0 Å². The average Bonchev–Trinajstić information content (AvgIpc) is 2.17. The van der Waals surface area contributed by atoms with Gasteiger partial charge < -0.3 is 0 Å². The van der Waals surface area contributed by atoms with Crippen LogP contribution in [-0.4, -0.2) is 9.55 Å². The van der Waals surface area contributed by atoms with Gasteiger partial charge in [-0.05, 0) is 44.6 Å². The summed E-state index contributed by atoms with van der Waals surface area (Å²) in [6.07, 6.45) is 5.04. The molecule has 0 fully saturated rings. The number of nitrogens with zero attached hydrogens (tertiary/aromatic N) is 2. The number of fused-ring (bicyclic) bond motifs is 1. The topological polar surface area (TPSA) is 34.9 Å². The highest BCUT2D eigenvalue weighted by Crippen LogP contribution is 2.24. The zero-order valence-electron chi connectivity index (χ0n) is 9.66. The normalized spacial score (nSPS) is 20.4. The van der Waals surface area contributed by atoms with Crippen molar-refractivity contribution in [1.29, 1.82) is 0 Å². The fourth-order valence-electron chi connectivity index (χ4n) is 2.38. The van der Waals surface area contributed by atoms with Crippen molar-refractivity contribution in [3.63, 3.8) is 0 Å². The van der Waals surface area contributed by atoms with Crippen molar-refractivity contribution in [2.24, 2.45) is 5.92 Å². The Hall–Kier alpha value is -1.12. The van der Waals surface area contributed by atoms with Gasteiger partial charge in [0, 0.05) is 17.9 Å². The second kappa shape index (κ2) is 3.80. The molecule has 0 aliphatic heterocycles. The van der Waals surface area contributed by atoms with Gasteiger partial charge in [-0.1, -0.05) is 6.92 Å². The zero-order chi connectivity index (χ0) is 11.0. The van der Waals surface area contributed by atoms with Crippen LogP contribution in [-0.2, 0) is 12.8 Å². The van der Waals surface area contributed by atoms with Crippen molar-refractivity contribution < 1.29 is 0 Å². The average molecular weight is 206 g/mol. The van der Waals surface area contributed by atoms with Gasteiger partial charge in [-0.25, -0.2) is 9.78 Å². The monoisotopic (exact) mass is 206 g/mol. The van der Waals surface area contributed by atoms with E-state index in [0.29, 0.717) is 0 Å². The third kappa shape index (κ3) is 1.83. The van der Waals surface area contributed by atoms with Crippen LogP contribution in [0.1, 0.15) is 44.5 Å². The Morgan fingerprint density at radius 2 is 2.27 bits per heavy atom. The lowest BCUT2D eigenvalue weighted by Crippen LogP contribution is -2.31. The molecule has 0 N–H and O–H groups in total. The van der Waals surface area contributed by atoms with Gasteiger partial charge in [-0.3, -0.25) is 4.57 Å². The van der Waals surface area contributed by atoms with Crippen molar-refractivity contribution >= 4 is 0 Å². The fraction of sp³-hybridized carbons (Fsp3) is 0.667. The maximum atomic E-state index is 11.7. The van der Waals surface area contributed by atoms with Crippen LogP contribution in [0.3, 0.4) is 0 Å². The molecule has 1 aliphatic rings. The Balaban J connectivity index is 2.55. The number of hydrogen-bond acceptors (Lipinski definition) is 2. The van der Waals surface area contributed by atoms with E-state index in [1.54, 1.807) is 6.20 Å². The van der Waals surface area contributed by atoms with E-state index in [2.05, 4.69) is 11.9 Å². The first-order valence-electron chi connectivity index (χ1n) is 5.69. The number of hydrogen-bond donors (Lipinski definition) is 0. The maximum absolute atomic E-state index is 11.7. The smallest absolute Gasteiger partial charge is 0.294 e. The van der Waals surface area contributed by atoms with E-state index in [1.807, 2.05) is 18.4 Å². The highest BCUT2D eigenvalue weighted by Gasteiger charge is 2.20. The maximum Gasteiger partial charge on any atom is 0.347 e. The minimum Gasteiger partial charge on any atom is -0.294 e. The molecule has 0 bridgehead atoms. The SMILES string of the molecule is CC1CCc2c(cnc(=O)n2C(C)C)C1. The first-order valence-corrected chi connectivity index (χ1v) is 5.69. The summed E-state index contributed by atoms with van der Waals surface area (Å²) in [6.45, 7) is 6.34. The van der Waals surface area contributed by atoms with E-state index >= 15 is 0 Å². The summed E-state index contributed by atoms with van der Waals surface area (Å²) in [5.41, 5.74) is 2.38. The van der Waals surface area contributed by atoms with Crippen LogP contribution in [0.15, 0.2) is 11.0 Å². The lowest BCUT2D eigenvalue weighted by Gasteiger charge is -2.25. The van der Waals surface area contributed by atoms with Gasteiger partial charge in [0.2, 0.25) is 0 Å². The lowest BCUT2D eigenvalue weighted by molar-refractivity contribution is 0.446. The molecule has 15 heavy (non-hydrogen) atoms. The summed E-state index contributed by atoms with van der Waals surface area (Å²) in [6, 6.07) is 0.216. The van der Waals surface area contributed by atoms with Crippen molar-refractivity contribution in [2.45, 2.75) is 46.1 Å². The van der Waals surface area contributed by atoms with Crippen LogP contribution in [0, 0.1) is 5.92 Å². The zero-order valence-corrected chi connectivity index (χ0v) is 9.66. The van der Waals surface area contributed by atoms with Crippen molar-refractivity contribution in [3.05, 3.63) is 27.9 Å². The van der Waals surface area contributed by atoms with Gasteiger partial charge in [0.1, 0.15) is 0 Å². The third-order valence-electron chi connectivity index (χ3n) is 3.16. The highest BCUT2D eigenvalue weighted by molar-refractivity contribution is 5.21. The molecule has 0 aromatic carbocycles. The molecule has 0 amide bonds. The second-order valence-corrected chi connectivity index (χ2v) is 4.82. The van der Waals surface area contributed by atoms with Crippen molar-refractivity contribution in [3.8, 4) is 0 Å². The molecule has 0 saturated carbocycles. The molecule has 0 saturated heterocycles. The quantitative estimate of drug-likeness (QED) is 0.704. The van der Waals surface area contributed by atoms with Crippen LogP contribution >= 0.6 is 0 Å². The summed E-state index contributed by atoms with van der Waals surface area (Å²) in [5.74, 6) is 0.720. The minimum atomic E-state index is -0.0988. The Bertz CT molecular complexity index is 420. The fourth-order valence-corrected chi connectivity index (χ4v) is 2.38. The molecule has 1 aromatic rings. The van der Waals surface area contributed by atoms with Crippen molar-refractivity contribution in [1.82, 2.24) is 9.55 Å². The summed E-state index contributed by atoms with van der Waals surface area (Å²) >= 11 is 0. The molecule has 1 atom stereocenters. The van der Waals surface area contributed by atoms with E-state index < -0.39 is 0 Å². The van der Waals surface area contributed by atoms with Crippen molar-refractivity contribution in [2.75, 3.05) is 0 Å². The Morgan fingerprint density at radius 3 is 2.93 bits per heavy atom. The van der Waals surface area contributed by atoms with Gasteiger partial charge in [-0.2, -0.15) is 0 Å². The highest BCUT2D eigenvalue weighted by atomic mass is 16.1. The Labute approximate surface area is 90.2 Å². The Kier molecular flexibility index (Phi) is 2.63. The standard InChI is InChI=1S/C12H18N2O/c1-8(2)14-11-5-4-9(3)6-10(11)7-13-12(14)15/h7-9H,4-6H2,1-3H3. The van der Waals surface area contributed by atoms with E-state index in [1.165, 1.54) is 17.7 Å². The molecule has 0 spiro atoms. The number of aromatic nitrogens is 2. The summed E-state index contributed by atoms with van der Waals surface area (Å²) in [5, 5.41) is 0. The minimum absolute atomic E-state index is 0.0988.